The van der Waals surface area contributed by atoms with E-state index in [-0.39, 0.29) is 11.9 Å². The molecule has 5 nitrogen and oxygen atoms in total. The van der Waals surface area contributed by atoms with Gasteiger partial charge in [-0.05, 0) is 26.2 Å². The largest absolute Gasteiger partial charge is 0.370 e. The molecule has 0 aliphatic carbocycles. The Morgan fingerprint density at radius 3 is 2.53 bits per heavy atom. The zero-order chi connectivity index (χ0) is 14.1. The van der Waals surface area contributed by atoms with Crippen molar-refractivity contribution in [2.45, 2.75) is 58.4 Å². The number of nitrogens with one attached hydrogen (secondary N) is 1. The first-order valence-corrected chi connectivity index (χ1v) is 7.47. The van der Waals surface area contributed by atoms with Crippen LogP contribution in [0.5, 0.6) is 0 Å². The molecule has 110 valence electrons. The molecule has 1 aliphatic rings. The number of nitrogens with two attached hydrogens (primary N) is 1. The van der Waals surface area contributed by atoms with Crippen LogP contribution < -0.4 is 11.1 Å². The van der Waals surface area contributed by atoms with Gasteiger partial charge in [0.15, 0.2) is 5.96 Å². The summed E-state index contributed by atoms with van der Waals surface area (Å²) in [6.07, 6.45) is 6.29. The molecule has 1 heterocycles. The Bertz CT molecular complexity index is 296. The first kappa shape index (κ1) is 15.8. The Morgan fingerprint density at radius 2 is 1.95 bits per heavy atom. The second-order valence-corrected chi connectivity index (χ2v) is 5.27. The van der Waals surface area contributed by atoms with Gasteiger partial charge in [-0.3, -0.25) is 9.79 Å². The second-order valence-electron chi connectivity index (χ2n) is 5.27. The van der Waals surface area contributed by atoms with E-state index in [1.807, 2.05) is 6.92 Å². The van der Waals surface area contributed by atoms with Crippen molar-refractivity contribution in [1.29, 1.82) is 0 Å². The molecule has 0 bridgehead atoms. The lowest BCUT2D eigenvalue weighted by Crippen LogP contribution is -2.38. The number of guanidine groups is 1. The topological polar surface area (TPSA) is 70.7 Å². The van der Waals surface area contributed by atoms with Crippen LogP contribution in [0, 0.1) is 0 Å². The molecule has 0 radical (unpaired) electrons. The number of hydrogen-bond donors (Lipinski definition) is 2. The van der Waals surface area contributed by atoms with Crippen molar-refractivity contribution in [3.8, 4) is 0 Å². The highest BCUT2D eigenvalue weighted by molar-refractivity contribution is 5.79. The molecule has 19 heavy (non-hydrogen) atoms. The summed E-state index contributed by atoms with van der Waals surface area (Å²) >= 11 is 0. The summed E-state index contributed by atoms with van der Waals surface area (Å²) in [6.45, 7) is 6.53. The highest BCUT2D eigenvalue weighted by Gasteiger charge is 2.11. The van der Waals surface area contributed by atoms with Gasteiger partial charge in [0.25, 0.3) is 0 Å². The first-order valence-electron chi connectivity index (χ1n) is 7.47. The van der Waals surface area contributed by atoms with Crippen LogP contribution in [0.1, 0.15) is 52.4 Å². The third kappa shape index (κ3) is 6.45. The molecular weight excluding hydrogens is 240 g/mol. The van der Waals surface area contributed by atoms with Crippen molar-refractivity contribution in [2.75, 3.05) is 19.6 Å². The molecule has 0 saturated carbocycles. The molecule has 1 atom stereocenters. The predicted octanol–water partition coefficient (Wildman–Crippen LogP) is 1.48. The van der Waals surface area contributed by atoms with Crippen molar-refractivity contribution in [1.82, 2.24) is 10.2 Å². The van der Waals surface area contributed by atoms with E-state index in [1.165, 1.54) is 25.7 Å². The molecule has 1 fully saturated rings. The van der Waals surface area contributed by atoms with Crippen molar-refractivity contribution in [3.63, 3.8) is 0 Å². The zero-order valence-electron chi connectivity index (χ0n) is 12.3. The Hall–Kier alpha value is -1.26. The SMILES string of the molecule is CCC(C)NC(=O)CCN=C(N)N1CCCCCC1. The van der Waals surface area contributed by atoms with E-state index in [2.05, 4.69) is 22.1 Å². The number of nitrogens with zero attached hydrogens (tertiary/aromatic N) is 2. The van der Waals surface area contributed by atoms with E-state index in [0.717, 1.165) is 19.5 Å². The van der Waals surface area contributed by atoms with Crippen LogP contribution in [0.3, 0.4) is 0 Å². The maximum atomic E-state index is 11.6. The zero-order valence-corrected chi connectivity index (χ0v) is 12.3. The molecule has 1 rings (SSSR count). The quantitative estimate of drug-likeness (QED) is 0.586. The van der Waals surface area contributed by atoms with Crippen LogP contribution in [-0.2, 0) is 4.79 Å². The number of likely N-dealkylation sites (tertiary alicyclic amines) is 1. The van der Waals surface area contributed by atoms with Crippen LogP contribution in [0.4, 0.5) is 0 Å². The Balaban J connectivity index is 2.28. The lowest BCUT2D eigenvalue weighted by atomic mass is 10.2. The van der Waals surface area contributed by atoms with Crippen LogP contribution in [0.15, 0.2) is 4.99 Å². The molecule has 0 aromatic carbocycles. The van der Waals surface area contributed by atoms with Gasteiger partial charge in [-0.25, -0.2) is 0 Å². The minimum absolute atomic E-state index is 0.0572. The molecular formula is C14H28N4O. The summed E-state index contributed by atoms with van der Waals surface area (Å²) in [5, 5.41) is 2.93. The van der Waals surface area contributed by atoms with Crippen LogP contribution in [0.25, 0.3) is 0 Å². The van der Waals surface area contributed by atoms with Gasteiger partial charge in [0.05, 0.1) is 6.54 Å². The fraction of sp³-hybridized carbons (Fsp3) is 0.857. The van der Waals surface area contributed by atoms with Gasteiger partial charge >= 0.3 is 0 Å². The normalized spacial score (nSPS) is 18.8. The van der Waals surface area contributed by atoms with Gasteiger partial charge in [0.1, 0.15) is 0 Å². The highest BCUT2D eigenvalue weighted by Crippen LogP contribution is 2.09. The van der Waals surface area contributed by atoms with Crippen molar-refractivity contribution >= 4 is 11.9 Å². The third-order valence-electron chi connectivity index (χ3n) is 3.56. The maximum Gasteiger partial charge on any atom is 0.222 e. The standard InChI is InChI=1S/C14H28N4O/c1-3-12(2)17-13(19)8-9-16-14(15)18-10-6-4-5-7-11-18/h12H,3-11H2,1-2H3,(H2,15,16)(H,17,19). The van der Waals surface area contributed by atoms with Gasteiger partial charge in [0.2, 0.25) is 5.91 Å². The molecule has 1 unspecified atom stereocenters. The molecule has 5 heteroatoms. The first-order chi connectivity index (χ1) is 9.13. The van der Waals surface area contributed by atoms with Crippen molar-refractivity contribution in [2.24, 2.45) is 10.7 Å². The summed E-state index contributed by atoms with van der Waals surface area (Å²) in [5.41, 5.74) is 5.98. The monoisotopic (exact) mass is 268 g/mol. The van der Waals surface area contributed by atoms with E-state index in [4.69, 9.17) is 5.73 Å². The molecule has 1 amide bonds. The van der Waals surface area contributed by atoms with E-state index >= 15 is 0 Å². The molecule has 3 N–H and O–H groups in total. The predicted molar refractivity (Wildman–Crippen MR) is 79.0 cm³/mol. The minimum atomic E-state index is 0.0572. The van der Waals surface area contributed by atoms with Gasteiger partial charge in [-0.2, -0.15) is 0 Å². The van der Waals surface area contributed by atoms with Gasteiger partial charge in [0, 0.05) is 25.6 Å². The van der Waals surface area contributed by atoms with Crippen LogP contribution in [0.2, 0.25) is 0 Å². The molecule has 0 aromatic heterocycles. The molecule has 1 aliphatic heterocycles. The average molecular weight is 268 g/mol. The van der Waals surface area contributed by atoms with Crippen LogP contribution >= 0.6 is 0 Å². The van der Waals surface area contributed by atoms with Crippen molar-refractivity contribution < 1.29 is 4.79 Å². The average Bonchev–Trinajstić information content (AvgIpc) is 2.67. The van der Waals surface area contributed by atoms with E-state index in [0.29, 0.717) is 18.9 Å². The van der Waals surface area contributed by atoms with Gasteiger partial charge in [-0.15, -0.1) is 0 Å². The number of rotatable bonds is 5. The minimum Gasteiger partial charge on any atom is -0.370 e. The summed E-state index contributed by atoms with van der Waals surface area (Å²) in [5.74, 6) is 0.653. The van der Waals surface area contributed by atoms with Gasteiger partial charge < -0.3 is 16.0 Å². The molecule has 1 saturated heterocycles. The Kier molecular flexibility index (Phi) is 7.30. The summed E-state index contributed by atoms with van der Waals surface area (Å²) < 4.78 is 0. The smallest absolute Gasteiger partial charge is 0.222 e. The maximum absolute atomic E-state index is 11.6. The Morgan fingerprint density at radius 1 is 1.32 bits per heavy atom. The number of carbonyl (C=O) groups is 1. The van der Waals surface area contributed by atoms with Crippen molar-refractivity contribution in [3.05, 3.63) is 0 Å². The number of hydrogen-bond acceptors (Lipinski definition) is 2. The molecule has 0 aromatic rings. The van der Waals surface area contributed by atoms with E-state index < -0.39 is 0 Å². The fourth-order valence-electron chi connectivity index (χ4n) is 2.12. The number of aliphatic imine (C=N–C) groups is 1. The van der Waals surface area contributed by atoms with E-state index in [9.17, 15) is 4.79 Å². The van der Waals surface area contributed by atoms with E-state index in [1.54, 1.807) is 0 Å². The summed E-state index contributed by atoms with van der Waals surface area (Å²) in [7, 11) is 0. The molecule has 0 spiro atoms. The Labute approximate surface area is 116 Å². The third-order valence-corrected chi connectivity index (χ3v) is 3.56. The summed E-state index contributed by atoms with van der Waals surface area (Å²) in [4.78, 5) is 18.1. The highest BCUT2D eigenvalue weighted by atomic mass is 16.1. The fourth-order valence-corrected chi connectivity index (χ4v) is 2.12. The number of carbonyl (C=O) groups excluding carboxylic acids is 1. The lowest BCUT2D eigenvalue weighted by Gasteiger charge is -2.21. The van der Waals surface area contributed by atoms with Crippen LogP contribution in [-0.4, -0.2) is 42.4 Å². The second kappa shape index (κ2) is 8.77. The lowest BCUT2D eigenvalue weighted by molar-refractivity contribution is -0.121. The van der Waals surface area contributed by atoms with Gasteiger partial charge in [-0.1, -0.05) is 19.8 Å². The number of amides is 1. The summed E-state index contributed by atoms with van der Waals surface area (Å²) in [6, 6.07) is 0.236.